The summed E-state index contributed by atoms with van der Waals surface area (Å²) < 4.78 is 10.3. The molecule has 0 aliphatic carbocycles. The van der Waals surface area contributed by atoms with Gasteiger partial charge in [0.25, 0.3) is 0 Å². The zero-order chi connectivity index (χ0) is 15.6. The third-order valence-corrected chi connectivity index (χ3v) is 3.04. The van der Waals surface area contributed by atoms with Crippen molar-refractivity contribution >= 4 is 11.8 Å². The van der Waals surface area contributed by atoms with Crippen LogP contribution in [0, 0.1) is 6.92 Å². The van der Waals surface area contributed by atoms with E-state index < -0.39 is 11.8 Å². The lowest BCUT2D eigenvalue weighted by Crippen LogP contribution is -2.11. The first-order valence-corrected chi connectivity index (χ1v) is 6.03. The van der Waals surface area contributed by atoms with Crippen LogP contribution in [0.3, 0.4) is 0 Å². The number of aromatic amines is 1. The number of hydrogen-bond donors (Lipinski definition) is 2. The molecule has 0 spiro atoms. The van der Waals surface area contributed by atoms with E-state index in [4.69, 9.17) is 14.6 Å². The van der Waals surface area contributed by atoms with Crippen LogP contribution in [0.2, 0.25) is 0 Å². The molecule has 7 nitrogen and oxygen atoms in total. The Bertz CT molecular complexity index is 705. The summed E-state index contributed by atoms with van der Waals surface area (Å²) in [6.45, 7) is 1.72. The topological polar surface area (TPSA) is 102 Å². The summed E-state index contributed by atoms with van der Waals surface area (Å²) in [4.78, 5) is 29.8. The molecular weight excluding hydrogens is 276 g/mol. The monoisotopic (exact) mass is 290 g/mol. The molecule has 0 unspecified atom stereocenters. The van der Waals surface area contributed by atoms with Gasteiger partial charge in [-0.05, 0) is 24.6 Å². The zero-order valence-electron chi connectivity index (χ0n) is 11.8. The maximum Gasteiger partial charge on any atom is 0.354 e. The summed E-state index contributed by atoms with van der Waals surface area (Å²) in [5.41, 5.74) is 0.561. The second-order valence-corrected chi connectivity index (χ2v) is 4.28. The van der Waals surface area contributed by atoms with Gasteiger partial charge in [0, 0.05) is 5.56 Å². The molecule has 0 amide bonds. The number of imidazole rings is 1. The lowest BCUT2D eigenvalue weighted by molar-refractivity contribution is 0.0687. The van der Waals surface area contributed by atoms with E-state index in [1.165, 1.54) is 26.6 Å². The number of carboxylic acid groups (broad SMARTS) is 1. The molecule has 2 N–H and O–H groups in total. The average molecular weight is 290 g/mol. The summed E-state index contributed by atoms with van der Waals surface area (Å²) in [6.07, 6.45) is 1.17. The number of carbonyl (C=O) groups is 2. The number of nitrogens with one attached hydrogen (secondary N) is 1. The maximum atomic E-state index is 12.5. The van der Waals surface area contributed by atoms with Gasteiger partial charge in [0.15, 0.2) is 17.2 Å². The standard InChI is InChI=1S/C14H14N2O5/c1-7-4-9(20-2)10(21-3)5-8(7)13(17)11-12(14(18)19)16-6-15-11/h4-6H,1-3H3,(H,15,16)(H,18,19). The molecule has 110 valence electrons. The molecule has 1 heterocycles. The van der Waals surface area contributed by atoms with E-state index in [1.54, 1.807) is 13.0 Å². The third-order valence-electron chi connectivity index (χ3n) is 3.04. The van der Waals surface area contributed by atoms with E-state index in [9.17, 15) is 9.59 Å². The molecule has 0 saturated carbocycles. The van der Waals surface area contributed by atoms with Crippen molar-refractivity contribution in [2.75, 3.05) is 14.2 Å². The van der Waals surface area contributed by atoms with Gasteiger partial charge in [-0.3, -0.25) is 4.79 Å². The summed E-state index contributed by atoms with van der Waals surface area (Å²) in [5.74, 6) is -0.855. The highest BCUT2D eigenvalue weighted by Gasteiger charge is 2.23. The summed E-state index contributed by atoms with van der Waals surface area (Å²) in [5, 5.41) is 9.03. The number of aryl methyl sites for hydroxylation is 1. The van der Waals surface area contributed by atoms with Crippen molar-refractivity contribution < 1.29 is 24.2 Å². The molecule has 21 heavy (non-hydrogen) atoms. The van der Waals surface area contributed by atoms with Crippen LogP contribution in [0.5, 0.6) is 11.5 Å². The fourth-order valence-electron chi connectivity index (χ4n) is 1.98. The van der Waals surface area contributed by atoms with Gasteiger partial charge < -0.3 is 19.6 Å². The zero-order valence-corrected chi connectivity index (χ0v) is 11.8. The number of H-pyrrole nitrogens is 1. The number of hydrogen-bond acceptors (Lipinski definition) is 5. The number of carboxylic acids is 1. The summed E-state index contributed by atoms with van der Waals surface area (Å²) >= 11 is 0. The largest absolute Gasteiger partial charge is 0.493 e. The Hall–Kier alpha value is -2.83. The number of ketones is 1. The highest BCUT2D eigenvalue weighted by atomic mass is 16.5. The number of benzene rings is 1. The van der Waals surface area contributed by atoms with Crippen LogP contribution in [-0.4, -0.2) is 41.0 Å². The van der Waals surface area contributed by atoms with Crippen molar-refractivity contribution in [3.8, 4) is 11.5 Å². The molecule has 1 aromatic carbocycles. The minimum atomic E-state index is -1.24. The number of rotatable bonds is 5. The second kappa shape index (κ2) is 5.66. The van der Waals surface area contributed by atoms with Crippen molar-refractivity contribution in [1.29, 1.82) is 0 Å². The molecule has 0 saturated heterocycles. The number of carbonyl (C=O) groups excluding carboxylic acids is 1. The molecule has 0 radical (unpaired) electrons. The van der Waals surface area contributed by atoms with Crippen LogP contribution >= 0.6 is 0 Å². The molecule has 2 rings (SSSR count). The van der Waals surface area contributed by atoms with Gasteiger partial charge in [-0.2, -0.15) is 0 Å². The quantitative estimate of drug-likeness (QED) is 0.812. The van der Waals surface area contributed by atoms with E-state index in [-0.39, 0.29) is 11.4 Å². The van der Waals surface area contributed by atoms with Crippen LogP contribution in [0.15, 0.2) is 18.5 Å². The van der Waals surface area contributed by atoms with E-state index in [2.05, 4.69) is 9.97 Å². The minimum Gasteiger partial charge on any atom is -0.493 e. The fourth-order valence-corrected chi connectivity index (χ4v) is 1.98. The Kier molecular flexibility index (Phi) is 3.93. The molecule has 7 heteroatoms. The second-order valence-electron chi connectivity index (χ2n) is 4.28. The number of methoxy groups -OCH3 is 2. The molecule has 1 aromatic heterocycles. The van der Waals surface area contributed by atoms with Crippen molar-refractivity contribution in [2.24, 2.45) is 0 Å². The molecular formula is C14H14N2O5. The van der Waals surface area contributed by atoms with Crippen molar-refractivity contribution in [1.82, 2.24) is 9.97 Å². The average Bonchev–Trinajstić information content (AvgIpc) is 2.95. The van der Waals surface area contributed by atoms with Gasteiger partial charge >= 0.3 is 5.97 Å². The summed E-state index contributed by atoms with van der Waals surface area (Å²) in [7, 11) is 2.95. The highest BCUT2D eigenvalue weighted by Crippen LogP contribution is 2.31. The first-order valence-electron chi connectivity index (χ1n) is 6.03. The van der Waals surface area contributed by atoms with Gasteiger partial charge in [0.2, 0.25) is 5.78 Å². The predicted molar refractivity (Wildman–Crippen MR) is 73.3 cm³/mol. The SMILES string of the molecule is COc1cc(C)c(C(=O)c2nc[nH]c2C(=O)O)cc1OC. The number of aromatic nitrogens is 2. The lowest BCUT2D eigenvalue weighted by atomic mass is 10.0. The Morgan fingerprint density at radius 1 is 1.19 bits per heavy atom. The lowest BCUT2D eigenvalue weighted by Gasteiger charge is -2.11. The first kappa shape index (κ1) is 14.6. The van der Waals surface area contributed by atoms with Gasteiger partial charge in [-0.15, -0.1) is 0 Å². The van der Waals surface area contributed by atoms with Crippen molar-refractivity contribution in [3.63, 3.8) is 0 Å². The Labute approximate surface area is 120 Å². The van der Waals surface area contributed by atoms with Gasteiger partial charge in [-0.1, -0.05) is 0 Å². The Morgan fingerprint density at radius 2 is 1.81 bits per heavy atom. The first-order chi connectivity index (χ1) is 9.99. The maximum absolute atomic E-state index is 12.5. The van der Waals surface area contributed by atoms with Gasteiger partial charge in [0.05, 0.1) is 20.5 Å². The Balaban J connectivity index is 2.53. The molecule has 0 bridgehead atoms. The van der Waals surface area contributed by atoms with E-state index >= 15 is 0 Å². The molecule has 0 fully saturated rings. The van der Waals surface area contributed by atoms with Crippen LogP contribution in [0.25, 0.3) is 0 Å². The predicted octanol–water partition coefficient (Wildman–Crippen LogP) is 1.66. The van der Waals surface area contributed by atoms with Crippen molar-refractivity contribution in [3.05, 3.63) is 41.0 Å². The molecule has 2 aromatic rings. The normalized spacial score (nSPS) is 10.2. The van der Waals surface area contributed by atoms with Gasteiger partial charge in [-0.25, -0.2) is 9.78 Å². The number of nitrogens with zero attached hydrogens (tertiary/aromatic N) is 1. The van der Waals surface area contributed by atoms with Gasteiger partial charge in [0.1, 0.15) is 5.69 Å². The van der Waals surface area contributed by atoms with Crippen LogP contribution in [0.1, 0.15) is 32.1 Å². The Morgan fingerprint density at radius 3 is 2.38 bits per heavy atom. The molecule has 0 atom stereocenters. The van der Waals surface area contributed by atoms with Crippen LogP contribution in [0.4, 0.5) is 0 Å². The number of ether oxygens (including phenoxy) is 2. The van der Waals surface area contributed by atoms with Crippen molar-refractivity contribution in [2.45, 2.75) is 6.92 Å². The van der Waals surface area contributed by atoms with E-state index in [1.807, 2.05) is 0 Å². The smallest absolute Gasteiger partial charge is 0.354 e. The third kappa shape index (κ3) is 2.58. The summed E-state index contributed by atoms with van der Waals surface area (Å²) in [6, 6.07) is 3.16. The highest BCUT2D eigenvalue weighted by molar-refractivity contribution is 6.13. The minimum absolute atomic E-state index is 0.141. The van der Waals surface area contributed by atoms with Crippen LogP contribution in [-0.2, 0) is 0 Å². The molecule has 0 aliphatic heterocycles. The number of aromatic carboxylic acids is 1. The van der Waals surface area contributed by atoms with Crippen LogP contribution < -0.4 is 9.47 Å². The fraction of sp³-hybridized carbons (Fsp3) is 0.214. The van der Waals surface area contributed by atoms with E-state index in [0.29, 0.717) is 22.6 Å². The molecule has 0 aliphatic rings. The van der Waals surface area contributed by atoms with E-state index in [0.717, 1.165) is 0 Å².